The molecule has 2 aromatic rings. The van der Waals surface area contributed by atoms with Crippen molar-refractivity contribution < 1.29 is 9.53 Å². The second kappa shape index (κ2) is 6.76. The zero-order chi connectivity index (χ0) is 15.4. The van der Waals surface area contributed by atoms with Gasteiger partial charge in [-0.25, -0.2) is 0 Å². The number of nitrogens with one attached hydrogen (secondary N) is 1. The summed E-state index contributed by atoms with van der Waals surface area (Å²) < 4.78 is 7.80. The van der Waals surface area contributed by atoms with Gasteiger partial charge in [0.2, 0.25) is 5.91 Å². The average molecular weight is 352 g/mol. The molecule has 1 atom stereocenters. The number of nitrogens with zero attached hydrogens (tertiary/aromatic N) is 2. The van der Waals surface area contributed by atoms with Crippen LogP contribution in [-0.4, -0.2) is 22.8 Å². The summed E-state index contributed by atoms with van der Waals surface area (Å²) in [6.45, 7) is 4.35. The van der Waals surface area contributed by atoms with E-state index in [1.807, 2.05) is 38.2 Å². The van der Waals surface area contributed by atoms with Crippen molar-refractivity contribution in [3.8, 4) is 5.75 Å². The van der Waals surface area contributed by atoms with Crippen LogP contribution in [0.3, 0.4) is 0 Å². The predicted molar refractivity (Wildman–Crippen MR) is 85.5 cm³/mol. The molecule has 1 N–H and O–H groups in total. The van der Waals surface area contributed by atoms with Gasteiger partial charge in [-0.15, -0.1) is 0 Å². The van der Waals surface area contributed by atoms with Crippen LogP contribution in [0, 0.1) is 12.8 Å². The minimum absolute atomic E-state index is 0.0325. The molecule has 1 aromatic carbocycles. The fraction of sp³-hybridized carbons (Fsp3) is 0.333. The van der Waals surface area contributed by atoms with E-state index in [2.05, 4.69) is 26.3 Å². The number of hydrogen-bond acceptors (Lipinski definition) is 3. The van der Waals surface area contributed by atoms with E-state index in [0.717, 1.165) is 21.5 Å². The molecule has 1 heterocycles. The molecule has 0 aliphatic rings. The third-order valence-corrected chi connectivity index (χ3v) is 3.61. The highest BCUT2D eigenvalue weighted by atomic mass is 79.9. The number of methoxy groups -OCH3 is 1. The lowest BCUT2D eigenvalue weighted by atomic mass is 10.1. The molecule has 21 heavy (non-hydrogen) atoms. The highest BCUT2D eigenvalue weighted by molar-refractivity contribution is 9.10. The van der Waals surface area contributed by atoms with Gasteiger partial charge in [-0.05, 0) is 46.6 Å². The molecule has 5 nitrogen and oxygen atoms in total. The van der Waals surface area contributed by atoms with Gasteiger partial charge in [-0.1, -0.05) is 6.92 Å². The lowest BCUT2D eigenvalue weighted by Crippen LogP contribution is -2.25. The van der Waals surface area contributed by atoms with Gasteiger partial charge in [0.1, 0.15) is 5.75 Å². The van der Waals surface area contributed by atoms with Crippen LogP contribution >= 0.6 is 15.9 Å². The molecule has 0 unspecified atom stereocenters. The minimum atomic E-state index is -0.182. The average Bonchev–Trinajstić information content (AvgIpc) is 2.86. The van der Waals surface area contributed by atoms with Gasteiger partial charge in [0.15, 0.2) is 0 Å². The van der Waals surface area contributed by atoms with Crippen molar-refractivity contribution in [2.45, 2.75) is 20.4 Å². The molecule has 0 aliphatic carbocycles. The van der Waals surface area contributed by atoms with Crippen LogP contribution in [0.15, 0.2) is 35.1 Å². The Hall–Kier alpha value is -1.82. The van der Waals surface area contributed by atoms with E-state index in [0.29, 0.717) is 6.54 Å². The highest BCUT2D eigenvalue weighted by Crippen LogP contribution is 2.21. The molecule has 0 spiro atoms. The second-order valence-corrected chi connectivity index (χ2v) is 5.87. The van der Waals surface area contributed by atoms with Crippen LogP contribution in [0.2, 0.25) is 0 Å². The third-order valence-electron chi connectivity index (χ3n) is 3.20. The van der Waals surface area contributed by atoms with Crippen molar-refractivity contribution in [1.29, 1.82) is 0 Å². The summed E-state index contributed by atoms with van der Waals surface area (Å²) in [6, 6.07) is 5.58. The molecule has 0 saturated heterocycles. The van der Waals surface area contributed by atoms with E-state index >= 15 is 0 Å². The van der Waals surface area contributed by atoms with Crippen molar-refractivity contribution in [3.05, 3.63) is 40.6 Å². The van der Waals surface area contributed by atoms with Crippen molar-refractivity contribution in [3.63, 3.8) is 0 Å². The van der Waals surface area contributed by atoms with Gasteiger partial charge < -0.3 is 10.1 Å². The molecule has 0 bridgehead atoms. The first-order valence-corrected chi connectivity index (χ1v) is 7.42. The second-order valence-electron chi connectivity index (χ2n) is 4.95. The molecular weight excluding hydrogens is 334 g/mol. The number of anilines is 1. The molecule has 1 amide bonds. The molecular formula is C15H18BrN3O2. The Kier molecular flexibility index (Phi) is 5.01. The van der Waals surface area contributed by atoms with E-state index in [1.165, 1.54) is 0 Å². The number of benzene rings is 1. The lowest BCUT2D eigenvalue weighted by Gasteiger charge is -2.14. The van der Waals surface area contributed by atoms with Gasteiger partial charge in [-0.3, -0.25) is 9.48 Å². The first-order chi connectivity index (χ1) is 9.99. The maximum Gasteiger partial charge on any atom is 0.229 e. The minimum Gasteiger partial charge on any atom is -0.497 e. The number of hydrogen-bond donors (Lipinski definition) is 1. The standard InChI is InChI=1S/C15H18BrN3O2/c1-10-6-13(21-3)4-5-14(10)18-15(20)11(2)8-19-9-12(16)7-17-19/h4-7,9,11H,8H2,1-3H3,(H,18,20)/t11-/m1/s1. The fourth-order valence-electron chi connectivity index (χ4n) is 1.96. The van der Waals surface area contributed by atoms with E-state index in [4.69, 9.17) is 4.74 Å². The smallest absolute Gasteiger partial charge is 0.229 e. The van der Waals surface area contributed by atoms with E-state index in [-0.39, 0.29) is 11.8 Å². The predicted octanol–water partition coefficient (Wildman–Crippen LogP) is 3.24. The number of amides is 1. The van der Waals surface area contributed by atoms with Gasteiger partial charge in [0.25, 0.3) is 0 Å². The zero-order valence-corrected chi connectivity index (χ0v) is 13.8. The van der Waals surface area contributed by atoms with Crippen LogP contribution < -0.4 is 10.1 Å². The number of rotatable bonds is 5. The Morgan fingerprint density at radius 2 is 2.29 bits per heavy atom. The molecule has 6 heteroatoms. The summed E-state index contributed by atoms with van der Waals surface area (Å²) in [5.41, 5.74) is 1.77. The number of carbonyl (C=O) groups is 1. The summed E-state index contributed by atoms with van der Waals surface area (Å²) in [6.07, 6.45) is 3.56. The number of halogens is 1. The van der Waals surface area contributed by atoms with Crippen LogP contribution in [0.1, 0.15) is 12.5 Å². The summed E-state index contributed by atoms with van der Waals surface area (Å²) in [4.78, 5) is 12.2. The molecule has 2 rings (SSSR count). The van der Waals surface area contributed by atoms with E-state index in [9.17, 15) is 4.79 Å². The molecule has 0 aliphatic heterocycles. The van der Waals surface area contributed by atoms with Crippen molar-refractivity contribution in [2.24, 2.45) is 5.92 Å². The van der Waals surface area contributed by atoms with Crippen LogP contribution in [-0.2, 0) is 11.3 Å². The number of aryl methyl sites for hydroxylation is 1. The van der Waals surface area contributed by atoms with Crippen molar-refractivity contribution in [2.75, 3.05) is 12.4 Å². The van der Waals surface area contributed by atoms with Gasteiger partial charge in [0.05, 0.1) is 30.2 Å². The summed E-state index contributed by atoms with van der Waals surface area (Å²) in [7, 11) is 1.62. The third kappa shape index (κ3) is 4.07. The monoisotopic (exact) mass is 351 g/mol. The topological polar surface area (TPSA) is 56.1 Å². The Morgan fingerprint density at radius 3 is 2.86 bits per heavy atom. The Labute approximate surface area is 132 Å². The lowest BCUT2D eigenvalue weighted by molar-refractivity contribution is -0.119. The van der Waals surface area contributed by atoms with Crippen molar-refractivity contribution >= 4 is 27.5 Å². The van der Waals surface area contributed by atoms with Crippen LogP contribution in [0.4, 0.5) is 5.69 Å². The normalized spacial score (nSPS) is 12.0. The molecule has 0 saturated carbocycles. The highest BCUT2D eigenvalue weighted by Gasteiger charge is 2.15. The fourth-order valence-corrected chi connectivity index (χ4v) is 2.29. The first kappa shape index (κ1) is 15.6. The quantitative estimate of drug-likeness (QED) is 0.899. The Bertz CT molecular complexity index is 640. The maximum absolute atomic E-state index is 12.2. The number of aromatic nitrogens is 2. The zero-order valence-electron chi connectivity index (χ0n) is 12.3. The van der Waals surface area contributed by atoms with Gasteiger partial charge >= 0.3 is 0 Å². The molecule has 0 fully saturated rings. The molecule has 112 valence electrons. The summed E-state index contributed by atoms with van der Waals surface area (Å²) in [5, 5.41) is 7.10. The first-order valence-electron chi connectivity index (χ1n) is 6.63. The number of carbonyl (C=O) groups excluding carboxylic acids is 1. The number of ether oxygens (including phenoxy) is 1. The Morgan fingerprint density at radius 1 is 1.52 bits per heavy atom. The van der Waals surface area contributed by atoms with E-state index < -0.39 is 0 Å². The van der Waals surface area contributed by atoms with Crippen LogP contribution in [0.25, 0.3) is 0 Å². The van der Waals surface area contributed by atoms with Crippen molar-refractivity contribution in [1.82, 2.24) is 9.78 Å². The molecule has 0 radical (unpaired) electrons. The Balaban J connectivity index is 2.00. The van der Waals surface area contributed by atoms with Crippen LogP contribution in [0.5, 0.6) is 5.75 Å². The van der Waals surface area contributed by atoms with E-state index in [1.54, 1.807) is 18.0 Å². The SMILES string of the molecule is COc1ccc(NC(=O)[C@H](C)Cn2cc(Br)cn2)c(C)c1. The largest absolute Gasteiger partial charge is 0.497 e. The summed E-state index contributed by atoms with van der Waals surface area (Å²) >= 11 is 3.34. The van der Waals surface area contributed by atoms with Gasteiger partial charge in [0, 0.05) is 11.9 Å². The van der Waals surface area contributed by atoms with Gasteiger partial charge in [-0.2, -0.15) is 5.10 Å². The maximum atomic E-state index is 12.2. The summed E-state index contributed by atoms with van der Waals surface area (Å²) in [5.74, 6) is 0.563. The molecule has 1 aromatic heterocycles.